The lowest BCUT2D eigenvalue weighted by molar-refractivity contribution is 0.296. The Morgan fingerprint density at radius 2 is 1.36 bits per heavy atom. The predicted octanol–water partition coefficient (Wildman–Crippen LogP) is 4.27. The van der Waals surface area contributed by atoms with E-state index in [1.165, 1.54) is 6.42 Å². The molecule has 1 atom stereocenters. The Balaban J connectivity index is 3.99. The highest BCUT2D eigenvalue weighted by atomic mass is 127. The number of hydrogen-bond donors (Lipinski definition) is 0. The van der Waals surface area contributed by atoms with Crippen LogP contribution < -0.4 is 0 Å². The molecule has 0 aromatic carbocycles. The largest absolute Gasteiger partial charge is 0.0820 e. The maximum absolute atomic E-state index is 2.57. The molecule has 0 saturated carbocycles. The van der Waals surface area contributed by atoms with Gasteiger partial charge in [-0.05, 0) is 17.3 Å². The van der Waals surface area contributed by atoms with Crippen molar-refractivity contribution in [3.8, 4) is 0 Å². The maximum Gasteiger partial charge on any atom is 0.0163 e. The first-order valence-electron chi connectivity index (χ1n) is 4.27. The van der Waals surface area contributed by atoms with Crippen molar-refractivity contribution in [3.63, 3.8) is 0 Å². The van der Waals surface area contributed by atoms with E-state index in [1.807, 2.05) is 0 Å². The first-order chi connectivity index (χ1) is 4.63. The number of hydrogen-bond acceptors (Lipinski definition) is 0. The fraction of sp³-hybridized carbons (Fsp3) is 1.00. The third kappa shape index (κ3) is 5.94. The molecule has 0 aliphatic heterocycles. The van der Waals surface area contributed by atoms with E-state index in [4.69, 9.17) is 0 Å². The normalized spacial score (nSPS) is 16.6. The molecule has 0 aliphatic rings. The smallest absolute Gasteiger partial charge is 0.0163 e. The Bertz CT molecular complexity index is 114. The second kappa shape index (κ2) is 3.63. The Kier molecular flexibility index (Phi) is 3.87. The van der Waals surface area contributed by atoms with Crippen molar-refractivity contribution in [1.29, 1.82) is 0 Å². The van der Waals surface area contributed by atoms with E-state index in [9.17, 15) is 0 Å². The number of alkyl halides is 1. The van der Waals surface area contributed by atoms with Crippen LogP contribution >= 0.6 is 22.6 Å². The molecule has 0 rings (SSSR count). The van der Waals surface area contributed by atoms with Crippen molar-refractivity contribution in [2.45, 2.75) is 51.9 Å². The minimum atomic E-state index is 0.452. The zero-order valence-electron chi connectivity index (χ0n) is 8.66. The van der Waals surface area contributed by atoms with Crippen LogP contribution in [0.1, 0.15) is 48.0 Å². The van der Waals surface area contributed by atoms with Gasteiger partial charge < -0.3 is 0 Å². The van der Waals surface area contributed by atoms with Crippen molar-refractivity contribution in [1.82, 2.24) is 0 Å². The van der Waals surface area contributed by atoms with Crippen LogP contribution in [0.2, 0.25) is 0 Å². The van der Waals surface area contributed by atoms with Crippen LogP contribution in [0.25, 0.3) is 0 Å². The highest BCUT2D eigenvalue weighted by molar-refractivity contribution is 14.1. The molecule has 11 heavy (non-hydrogen) atoms. The summed E-state index contributed by atoms with van der Waals surface area (Å²) in [5.41, 5.74) is 0.924. The van der Waals surface area contributed by atoms with Crippen LogP contribution in [0.3, 0.4) is 0 Å². The van der Waals surface area contributed by atoms with E-state index in [2.05, 4.69) is 64.1 Å². The van der Waals surface area contributed by atoms with Gasteiger partial charge in [-0.1, -0.05) is 64.1 Å². The molecule has 68 valence electrons. The van der Waals surface area contributed by atoms with Gasteiger partial charge in [0.05, 0.1) is 0 Å². The zero-order valence-corrected chi connectivity index (χ0v) is 10.8. The van der Waals surface area contributed by atoms with Crippen LogP contribution in [0.5, 0.6) is 0 Å². The van der Waals surface area contributed by atoms with Crippen molar-refractivity contribution in [2.24, 2.45) is 10.8 Å². The molecule has 1 unspecified atom stereocenters. The van der Waals surface area contributed by atoms with Gasteiger partial charge in [0.1, 0.15) is 0 Å². The van der Waals surface area contributed by atoms with Crippen molar-refractivity contribution in [3.05, 3.63) is 0 Å². The van der Waals surface area contributed by atoms with E-state index in [0.29, 0.717) is 10.8 Å². The average Bonchev–Trinajstić information content (AvgIpc) is 1.56. The second-order valence-electron chi connectivity index (χ2n) is 5.60. The summed E-state index contributed by atoms with van der Waals surface area (Å²) in [4.78, 5) is 0. The molecule has 0 fully saturated rings. The van der Waals surface area contributed by atoms with Crippen LogP contribution in [0, 0.1) is 10.8 Å². The lowest BCUT2D eigenvalue weighted by Gasteiger charge is -2.31. The molecule has 0 radical (unpaired) electrons. The first kappa shape index (κ1) is 11.7. The third-order valence-electron chi connectivity index (χ3n) is 1.73. The second-order valence-corrected chi connectivity index (χ2v) is 7.10. The molecule has 0 spiro atoms. The van der Waals surface area contributed by atoms with Crippen molar-refractivity contribution >= 4 is 22.6 Å². The number of halogens is 1. The average molecular weight is 268 g/mol. The first-order valence-corrected chi connectivity index (χ1v) is 5.51. The van der Waals surface area contributed by atoms with Gasteiger partial charge in [0.15, 0.2) is 0 Å². The summed E-state index contributed by atoms with van der Waals surface area (Å²) in [5.74, 6) is 0. The Morgan fingerprint density at radius 1 is 1.00 bits per heavy atom. The summed E-state index contributed by atoms with van der Waals surface area (Å²) in [6.07, 6.45) is 1.30. The molecule has 0 bridgehead atoms. The van der Waals surface area contributed by atoms with Crippen molar-refractivity contribution < 1.29 is 0 Å². The molecule has 0 aromatic rings. The minimum absolute atomic E-state index is 0.452. The van der Waals surface area contributed by atoms with Gasteiger partial charge in [0.25, 0.3) is 0 Å². The molecule has 0 aliphatic carbocycles. The predicted molar refractivity (Wildman–Crippen MR) is 61.3 cm³/mol. The lowest BCUT2D eigenvalue weighted by atomic mass is 9.81. The van der Waals surface area contributed by atoms with Crippen LogP contribution in [0.15, 0.2) is 0 Å². The fourth-order valence-corrected chi connectivity index (χ4v) is 2.17. The molecule has 0 N–H and O–H groups in total. The summed E-state index contributed by atoms with van der Waals surface area (Å²) in [5, 5.41) is 0. The fourth-order valence-electron chi connectivity index (χ4n) is 0.844. The standard InChI is InChI=1S/C10H21I/c1-9(2,3)7-8(11)10(4,5)6/h8H,7H2,1-6H3. The van der Waals surface area contributed by atoms with Crippen LogP contribution in [0.4, 0.5) is 0 Å². The Hall–Kier alpha value is 0.730. The Morgan fingerprint density at radius 3 is 1.45 bits per heavy atom. The topological polar surface area (TPSA) is 0 Å². The minimum Gasteiger partial charge on any atom is -0.0820 e. The molecule has 0 nitrogen and oxygen atoms in total. The molecule has 1 heteroatoms. The van der Waals surface area contributed by atoms with E-state index < -0.39 is 0 Å². The van der Waals surface area contributed by atoms with Crippen molar-refractivity contribution in [2.75, 3.05) is 0 Å². The van der Waals surface area contributed by atoms with Gasteiger partial charge in [-0.2, -0.15) is 0 Å². The highest BCUT2D eigenvalue weighted by Gasteiger charge is 2.26. The molecular formula is C10H21I. The molecule has 0 amide bonds. The summed E-state index contributed by atoms with van der Waals surface area (Å²) in [7, 11) is 0. The van der Waals surface area contributed by atoms with E-state index in [-0.39, 0.29) is 0 Å². The quantitative estimate of drug-likeness (QED) is 0.492. The summed E-state index contributed by atoms with van der Waals surface area (Å²) < 4.78 is 0.778. The van der Waals surface area contributed by atoms with Gasteiger partial charge in [-0.3, -0.25) is 0 Å². The molecule has 0 saturated heterocycles. The molecule has 0 heterocycles. The lowest BCUT2D eigenvalue weighted by Crippen LogP contribution is -2.25. The third-order valence-corrected chi connectivity index (χ3v) is 4.04. The van der Waals surface area contributed by atoms with Gasteiger partial charge >= 0.3 is 0 Å². The Labute approximate surface area is 85.3 Å². The van der Waals surface area contributed by atoms with Gasteiger partial charge in [-0.15, -0.1) is 0 Å². The summed E-state index contributed by atoms with van der Waals surface area (Å²) in [6, 6.07) is 0. The SMILES string of the molecule is CC(C)(C)CC(I)C(C)(C)C. The van der Waals surface area contributed by atoms with E-state index in [1.54, 1.807) is 0 Å². The van der Waals surface area contributed by atoms with Gasteiger partial charge in [-0.25, -0.2) is 0 Å². The monoisotopic (exact) mass is 268 g/mol. The number of rotatable bonds is 1. The molecule has 0 aromatic heterocycles. The summed E-state index contributed by atoms with van der Waals surface area (Å²) in [6.45, 7) is 13.9. The van der Waals surface area contributed by atoms with E-state index in [0.717, 1.165) is 3.92 Å². The van der Waals surface area contributed by atoms with Gasteiger partial charge in [0.2, 0.25) is 0 Å². The zero-order chi connectivity index (χ0) is 9.28. The highest BCUT2D eigenvalue weighted by Crippen LogP contribution is 2.35. The maximum atomic E-state index is 2.57. The van der Waals surface area contributed by atoms with Crippen LogP contribution in [-0.2, 0) is 0 Å². The summed E-state index contributed by atoms with van der Waals surface area (Å²) >= 11 is 2.57. The van der Waals surface area contributed by atoms with Crippen LogP contribution in [-0.4, -0.2) is 3.92 Å². The van der Waals surface area contributed by atoms with E-state index >= 15 is 0 Å². The molecular weight excluding hydrogens is 247 g/mol. The van der Waals surface area contributed by atoms with Gasteiger partial charge in [0, 0.05) is 3.92 Å².